The van der Waals surface area contributed by atoms with Crippen molar-refractivity contribution in [2.24, 2.45) is 5.92 Å². The Labute approximate surface area is 164 Å². The fraction of sp³-hybridized carbons (Fsp3) is 0.429. The van der Waals surface area contributed by atoms with Crippen molar-refractivity contribution in [1.29, 1.82) is 0 Å². The lowest BCUT2D eigenvalue weighted by Gasteiger charge is -2.33. The van der Waals surface area contributed by atoms with Gasteiger partial charge in [0.15, 0.2) is 5.78 Å². The Balaban J connectivity index is 1.40. The van der Waals surface area contributed by atoms with E-state index in [2.05, 4.69) is 22.3 Å². The molecule has 27 heavy (non-hydrogen) atoms. The van der Waals surface area contributed by atoms with Gasteiger partial charge in [0.1, 0.15) is 0 Å². The van der Waals surface area contributed by atoms with Gasteiger partial charge in [-0.2, -0.15) is 0 Å². The maximum atomic E-state index is 12.0. The molecule has 1 aromatic heterocycles. The van der Waals surface area contributed by atoms with Crippen LogP contribution in [0.1, 0.15) is 40.9 Å². The van der Waals surface area contributed by atoms with Crippen molar-refractivity contribution >= 4 is 28.7 Å². The average molecular weight is 387 g/mol. The van der Waals surface area contributed by atoms with Crippen LogP contribution in [0.2, 0.25) is 0 Å². The Morgan fingerprint density at radius 1 is 1.11 bits per heavy atom. The first-order valence-corrected chi connectivity index (χ1v) is 10.3. The fourth-order valence-electron chi connectivity index (χ4n) is 3.27. The Hall–Kier alpha value is -2.18. The summed E-state index contributed by atoms with van der Waals surface area (Å²) < 4.78 is 0. The molecule has 5 nitrogen and oxygen atoms in total. The first-order valence-electron chi connectivity index (χ1n) is 9.44. The topological polar surface area (TPSA) is 69.6 Å². The predicted molar refractivity (Wildman–Crippen MR) is 108 cm³/mol. The van der Waals surface area contributed by atoms with Gasteiger partial charge in [0, 0.05) is 44.8 Å². The molecule has 2 aromatic rings. The number of rotatable bonds is 8. The number of anilines is 1. The van der Waals surface area contributed by atoms with Gasteiger partial charge < -0.3 is 15.3 Å². The lowest BCUT2D eigenvalue weighted by molar-refractivity contribution is -0.121. The van der Waals surface area contributed by atoms with Gasteiger partial charge in [0.2, 0.25) is 5.91 Å². The molecule has 0 bridgehead atoms. The molecule has 1 aromatic carbocycles. The maximum absolute atomic E-state index is 12.0. The molecular formula is C21H26N2O3S. The summed E-state index contributed by atoms with van der Waals surface area (Å²) in [5, 5.41) is 14.0. The van der Waals surface area contributed by atoms with Crippen LogP contribution in [0, 0.1) is 5.92 Å². The monoisotopic (exact) mass is 386 g/mol. The fourth-order valence-corrected chi connectivity index (χ4v) is 3.97. The highest BCUT2D eigenvalue weighted by molar-refractivity contribution is 7.12. The lowest BCUT2D eigenvalue weighted by atomic mass is 9.97. The highest BCUT2D eigenvalue weighted by Crippen LogP contribution is 2.23. The molecule has 1 amide bonds. The van der Waals surface area contributed by atoms with Crippen LogP contribution >= 0.6 is 11.3 Å². The quantitative estimate of drug-likeness (QED) is 0.684. The lowest BCUT2D eigenvalue weighted by Crippen LogP contribution is -2.34. The van der Waals surface area contributed by atoms with Crippen LogP contribution in [0.15, 0.2) is 41.8 Å². The summed E-state index contributed by atoms with van der Waals surface area (Å²) in [5.41, 5.74) is 2.23. The molecule has 1 aliphatic rings. The number of amides is 1. The third-order valence-corrected chi connectivity index (χ3v) is 5.95. The molecular weight excluding hydrogens is 360 g/mol. The summed E-state index contributed by atoms with van der Waals surface area (Å²) in [5.74, 6) is 0.354. The van der Waals surface area contributed by atoms with E-state index in [1.54, 1.807) is 6.07 Å². The number of hydrogen-bond acceptors (Lipinski definition) is 5. The number of carbonyl (C=O) groups is 2. The van der Waals surface area contributed by atoms with Gasteiger partial charge in [0.05, 0.1) is 4.88 Å². The number of thiophene rings is 1. The summed E-state index contributed by atoms with van der Waals surface area (Å²) in [4.78, 5) is 26.9. The average Bonchev–Trinajstić information content (AvgIpc) is 3.26. The van der Waals surface area contributed by atoms with Gasteiger partial charge >= 0.3 is 0 Å². The van der Waals surface area contributed by atoms with Crippen LogP contribution < -0.4 is 10.2 Å². The number of nitrogens with one attached hydrogen (secondary N) is 1. The highest BCUT2D eigenvalue weighted by Gasteiger charge is 2.18. The minimum absolute atomic E-state index is 0.0227. The molecule has 1 fully saturated rings. The van der Waals surface area contributed by atoms with Crippen molar-refractivity contribution < 1.29 is 14.7 Å². The maximum Gasteiger partial charge on any atom is 0.220 e. The molecule has 0 spiro atoms. The van der Waals surface area contributed by atoms with Crippen LogP contribution in [0.3, 0.4) is 0 Å². The number of aliphatic hydroxyl groups excluding tert-OH is 1. The molecule has 0 unspecified atom stereocenters. The number of aliphatic hydroxyl groups is 1. The van der Waals surface area contributed by atoms with Crippen LogP contribution in [0.4, 0.5) is 5.69 Å². The van der Waals surface area contributed by atoms with Gasteiger partial charge in [-0.1, -0.05) is 18.2 Å². The van der Waals surface area contributed by atoms with E-state index in [-0.39, 0.29) is 31.1 Å². The first kappa shape index (κ1) is 19.6. The number of nitrogens with zero attached hydrogens (tertiary/aromatic N) is 1. The Morgan fingerprint density at radius 2 is 1.85 bits per heavy atom. The zero-order chi connectivity index (χ0) is 19.1. The molecule has 0 atom stereocenters. The van der Waals surface area contributed by atoms with Gasteiger partial charge in [-0.15, -0.1) is 11.3 Å². The highest BCUT2D eigenvalue weighted by atomic mass is 32.1. The minimum Gasteiger partial charge on any atom is -0.396 e. The van der Waals surface area contributed by atoms with E-state index in [1.165, 1.54) is 17.0 Å². The number of Topliss-reactive ketones (excluding diaryl/α,β-unsaturated/α-hetero) is 1. The van der Waals surface area contributed by atoms with Crippen molar-refractivity contribution in [1.82, 2.24) is 5.32 Å². The van der Waals surface area contributed by atoms with Crippen molar-refractivity contribution in [3.05, 3.63) is 52.2 Å². The Morgan fingerprint density at radius 3 is 2.48 bits per heavy atom. The molecule has 1 saturated heterocycles. The summed E-state index contributed by atoms with van der Waals surface area (Å²) >= 11 is 1.41. The van der Waals surface area contributed by atoms with Crippen molar-refractivity contribution in [2.75, 3.05) is 24.6 Å². The third kappa shape index (κ3) is 5.65. The van der Waals surface area contributed by atoms with Gasteiger partial charge in [0.25, 0.3) is 0 Å². The largest absolute Gasteiger partial charge is 0.396 e. The van der Waals surface area contributed by atoms with E-state index in [0.29, 0.717) is 17.3 Å². The van der Waals surface area contributed by atoms with Crippen LogP contribution in [-0.2, 0) is 11.3 Å². The standard InChI is InChI=1S/C21H26N2O3S/c24-15-17-9-11-23(12-10-17)18-5-3-16(4-6-18)14-22-21(26)8-7-19(25)20-2-1-13-27-20/h1-6,13,17,24H,7-12,14-15H2,(H,22,26). The van der Waals surface area contributed by atoms with Crippen molar-refractivity contribution in [2.45, 2.75) is 32.2 Å². The van der Waals surface area contributed by atoms with Gasteiger partial charge in [-0.3, -0.25) is 9.59 Å². The zero-order valence-electron chi connectivity index (χ0n) is 15.4. The van der Waals surface area contributed by atoms with E-state index < -0.39 is 0 Å². The molecule has 1 aliphatic heterocycles. The molecule has 6 heteroatoms. The number of hydrogen-bond donors (Lipinski definition) is 2. The summed E-state index contributed by atoms with van der Waals surface area (Å²) in [6.45, 7) is 2.70. The Kier molecular flexibility index (Phi) is 7.01. The summed E-state index contributed by atoms with van der Waals surface area (Å²) in [6, 6.07) is 11.9. The Bertz CT molecular complexity index is 735. The second-order valence-electron chi connectivity index (χ2n) is 6.96. The number of ketones is 1. The number of carbonyl (C=O) groups excluding carboxylic acids is 2. The summed E-state index contributed by atoms with van der Waals surface area (Å²) in [6.07, 6.45) is 2.51. The van der Waals surface area contributed by atoms with Gasteiger partial charge in [-0.05, 0) is 47.9 Å². The van der Waals surface area contributed by atoms with E-state index in [9.17, 15) is 14.7 Å². The normalized spacial score (nSPS) is 14.9. The van der Waals surface area contributed by atoms with E-state index >= 15 is 0 Å². The third-order valence-electron chi connectivity index (χ3n) is 5.04. The molecule has 0 aliphatic carbocycles. The molecule has 0 radical (unpaired) electrons. The second kappa shape index (κ2) is 9.67. The minimum atomic E-state index is -0.102. The molecule has 0 saturated carbocycles. The van der Waals surface area contributed by atoms with Crippen molar-refractivity contribution in [3.8, 4) is 0 Å². The van der Waals surface area contributed by atoms with Crippen LogP contribution in [0.25, 0.3) is 0 Å². The molecule has 144 valence electrons. The van der Waals surface area contributed by atoms with E-state index in [1.807, 2.05) is 23.6 Å². The first-order chi connectivity index (χ1) is 13.2. The molecule has 2 heterocycles. The summed E-state index contributed by atoms with van der Waals surface area (Å²) in [7, 11) is 0. The predicted octanol–water partition coefficient (Wildman–Crippen LogP) is 3.24. The SMILES string of the molecule is O=C(CCC(=O)c1cccs1)NCc1ccc(N2CCC(CO)CC2)cc1. The molecule has 3 rings (SSSR count). The van der Waals surface area contributed by atoms with Crippen molar-refractivity contribution in [3.63, 3.8) is 0 Å². The zero-order valence-corrected chi connectivity index (χ0v) is 16.2. The number of benzene rings is 1. The number of piperidine rings is 1. The van der Waals surface area contributed by atoms with Crippen LogP contribution in [0.5, 0.6) is 0 Å². The smallest absolute Gasteiger partial charge is 0.220 e. The van der Waals surface area contributed by atoms with Gasteiger partial charge in [-0.25, -0.2) is 0 Å². The van der Waals surface area contributed by atoms with E-state index in [0.717, 1.165) is 31.5 Å². The van der Waals surface area contributed by atoms with E-state index in [4.69, 9.17) is 0 Å². The second-order valence-corrected chi connectivity index (χ2v) is 7.90. The van der Waals surface area contributed by atoms with Crippen LogP contribution in [-0.4, -0.2) is 36.5 Å². The molecule has 2 N–H and O–H groups in total.